The molecule has 0 aromatic heterocycles. The van der Waals surface area contributed by atoms with E-state index in [1.165, 1.54) is 29.7 Å². The second-order valence-corrected chi connectivity index (χ2v) is 9.04. The first kappa shape index (κ1) is 18.1. The molecule has 138 valence electrons. The number of carbonyl (C=O) groups is 1. The molecular weight excluding hydrogens is 312 g/mol. The normalized spacial score (nSPS) is 20.3. The van der Waals surface area contributed by atoms with Crippen LogP contribution >= 0.6 is 0 Å². The number of amides is 1. The van der Waals surface area contributed by atoms with E-state index in [1.54, 1.807) is 0 Å². The molecule has 1 spiro atoms. The van der Waals surface area contributed by atoms with Crippen LogP contribution < -0.4 is 5.32 Å². The van der Waals surface area contributed by atoms with Gasteiger partial charge in [0.25, 0.3) is 0 Å². The number of hydrogen-bond acceptors (Lipinski definition) is 3. The number of likely N-dealkylation sites (tertiary alicyclic amines) is 1. The third-order valence-electron chi connectivity index (χ3n) is 5.59. The first-order valence-electron chi connectivity index (χ1n) is 9.48. The largest absolute Gasteiger partial charge is 0.444 e. The van der Waals surface area contributed by atoms with Gasteiger partial charge in [-0.05, 0) is 82.9 Å². The van der Waals surface area contributed by atoms with Crippen LogP contribution in [-0.2, 0) is 4.74 Å². The Morgan fingerprint density at radius 1 is 1.20 bits per heavy atom. The fourth-order valence-corrected chi connectivity index (χ4v) is 4.10. The summed E-state index contributed by atoms with van der Waals surface area (Å²) >= 11 is 0. The molecule has 1 saturated carbocycles. The third kappa shape index (κ3) is 4.28. The van der Waals surface area contributed by atoms with Gasteiger partial charge in [0.2, 0.25) is 0 Å². The summed E-state index contributed by atoms with van der Waals surface area (Å²) in [5.41, 5.74) is 3.89. The van der Waals surface area contributed by atoms with Crippen LogP contribution in [-0.4, -0.2) is 35.7 Å². The van der Waals surface area contributed by atoms with Crippen molar-refractivity contribution in [3.05, 3.63) is 29.3 Å². The smallest absolute Gasteiger partial charge is 0.410 e. The quantitative estimate of drug-likeness (QED) is 0.830. The van der Waals surface area contributed by atoms with E-state index in [0.717, 1.165) is 25.9 Å². The topological polar surface area (TPSA) is 41.6 Å². The van der Waals surface area contributed by atoms with Gasteiger partial charge < -0.3 is 15.0 Å². The van der Waals surface area contributed by atoms with Crippen LogP contribution in [0.2, 0.25) is 0 Å². The van der Waals surface area contributed by atoms with E-state index in [0.29, 0.717) is 11.5 Å². The molecule has 1 amide bonds. The molecule has 25 heavy (non-hydrogen) atoms. The zero-order valence-corrected chi connectivity index (χ0v) is 16.3. The molecule has 0 atom stereocenters. The minimum Gasteiger partial charge on any atom is -0.444 e. The molecule has 1 aromatic rings. The van der Waals surface area contributed by atoms with Gasteiger partial charge >= 0.3 is 6.09 Å². The molecule has 1 heterocycles. The summed E-state index contributed by atoms with van der Waals surface area (Å²) in [5.74, 6) is 0. The van der Waals surface area contributed by atoms with Crippen LogP contribution in [0.1, 0.15) is 57.6 Å². The lowest BCUT2D eigenvalue weighted by Crippen LogP contribution is -2.53. The summed E-state index contributed by atoms with van der Waals surface area (Å²) in [5, 5.41) is 3.72. The standard InChI is InChI=1S/C21H32N2O2/c1-15-6-7-16(2)18(12-15)22-17-13-21(14-17)8-10-23(11-9-21)19(24)25-20(3,4)5/h6-7,12,17,22H,8-11,13-14H2,1-5H3. The Bertz CT molecular complexity index is 632. The molecule has 1 N–H and O–H groups in total. The fraction of sp³-hybridized carbons (Fsp3) is 0.667. The average Bonchev–Trinajstić information content (AvgIpc) is 2.48. The van der Waals surface area contributed by atoms with Crippen molar-refractivity contribution in [3.63, 3.8) is 0 Å². The van der Waals surface area contributed by atoms with E-state index in [-0.39, 0.29) is 6.09 Å². The van der Waals surface area contributed by atoms with Gasteiger partial charge in [-0.3, -0.25) is 0 Å². The molecule has 4 nitrogen and oxygen atoms in total. The lowest BCUT2D eigenvalue weighted by Gasteiger charge is -2.52. The van der Waals surface area contributed by atoms with E-state index in [9.17, 15) is 4.79 Å². The van der Waals surface area contributed by atoms with Gasteiger partial charge in [-0.15, -0.1) is 0 Å². The molecule has 1 aliphatic carbocycles. The van der Waals surface area contributed by atoms with Crippen molar-refractivity contribution in [1.29, 1.82) is 0 Å². The number of benzene rings is 1. The molecule has 1 aliphatic heterocycles. The summed E-state index contributed by atoms with van der Waals surface area (Å²) < 4.78 is 5.50. The minimum absolute atomic E-state index is 0.160. The van der Waals surface area contributed by atoms with E-state index in [2.05, 4.69) is 37.4 Å². The van der Waals surface area contributed by atoms with Gasteiger partial charge in [-0.2, -0.15) is 0 Å². The first-order valence-corrected chi connectivity index (χ1v) is 9.48. The summed E-state index contributed by atoms with van der Waals surface area (Å²) in [6, 6.07) is 7.15. The number of ether oxygens (including phenoxy) is 1. The summed E-state index contributed by atoms with van der Waals surface area (Å²) in [7, 11) is 0. The Labute approximate surface area is 151 Å². The maximum Gasteiger partial charge on any atom is 0.410 e. The molecule has 2 fully saturated rings. The van der Waals surface area contributed by atoms with Gasteiger partial charge in [0.1, 0.15) is 5.60 Å². The lowest BCUT2D eigenvalue weighted by molar-refractivity contribution is -0.00860. The average molecular weight is 344 g/mol. The SMILES string of the molecule is Cc1ccc(C)c(NC2CC3(CCN(C(=O)OC(C)(C)C)CC3)C2)c1. The van der Waals surface area contributed by atoms with Crippen LogP contribution in [0.15, 0.2) is 18.2 Å². The van der Waals surface area contributed by atoms with Crippen LogP contribution in [0, 0.1) is 19.3 Å². The third-order valence-corrected chi connectivity index (χ3v) is 5.59. The predicted molar refractivity (Wildman–Crippen MR) is 102 cm³/mol. The zero-order chi connectivity index (χ0) is 18.2. The number of piperidine rings is 1. The Morgan fingerprint density at radius 3 is 2.44 bits per heavy atom. The number of hydrogen-bond donors (Lipinski definition) is 1. The second kappa shape index (κ2) is 6.54. The van der Waals surface area contributed by atoms with Crippen molar-refractivity contribution in [1.82, 2.24) is 4.90 Å². The van der Waals surface area contributed by atoms with Crippen LogP contribution in [0.5, 0.6) is 0 Å². The highest BCUT2D eigenvalue weighted by Crippen LogP contribution is 2.50. The Balaban J connectivity index is 1.48. The van der Waals surface area contributed by atoms with Gasteiger partial charge in [-0.1, -0.05) is 12.1 Å². The molecule has 2 aliphatic rings. The molecule has 0 unspecified atom stereocenters. The van der Waals surface area contributed by atoms with Crippen molar-refractivity contribution in [2.24, 2.45) is 5.41 Å². The van der Waals surface area contributed by atoms with Gasteiger partial charge in [-0.25, -0.2) is 4.79 Å². The van der Waals surface area contributed by atoms with Crippen LogP contribution in [0.3, 0.4) is 0 Å². The predicted octanol–water partition coefficient (Wildman–Crippen LogP) is 4.90. The Kier molecular flexibility index (Phi) is 4.74. The number of rotatable bonds is 2. The van der Waals surface area contributed by atoms with Gasteiger partial charge in [0.05, 0.1) is 0 Å². The Morgan fingerprint density at radius 2 is 1.84 bits per heavy atom. The number of nitrogens with one attached hydrogen (secondary N) is 1. The zero-order valence-electron chi connectivity index (χ0n) is 16.3. The molecule has 3 rings (SSSR count). The highest BCUT2D eigenvalue weighted by molar-refractivity contribution is 5.68. The highest BCUT2D eigenvalue weighted by atomic mass is 16.6. The number of carbonyl (C=O) groups excluding carboxylic acids is 1. The van der Waals surface area contributed by atoms with Gasteiger partial charge in [0, 0.05) is 24.8 Å². The number of aryl methyl sites for hydroxylation is 2. The number of anilines is 1. The molecule has 1 aromatic carbocycles. The molecule has 0 bridgehead atoms. The van der Waals surface area contributed by atoms with E-state index < -0.39 is 5.60 Å². The molecule has 1 saturated heterocycles. The van der Waals surface area contributed by atoms with Crippen molar-refractivity contribution in [2.45, 2.75) is 71.9 Å². The maximum atomic E-state index is 12.2. The van der Waals surface area contributed by atoms with Crippen LogP contribution in [0.4, 0.5) is 10.5 Å². The van der Waals surface area contributed by atoms with E-state index in [1.807, 2.05) is 25.7 Å². The van der Waals surface area contributed by atoms with Crippen molar-refractivity contribution < 1.29 is 9.53 Å². The van der Waals surface area contributed by atoms with Crippen molar-refractivity contribution in [3.8, 4) is 0 Å². The molecular formula is C21H32N2O2. The van der Waals surface area contributed by atoms with Crippen molar-refractivity contribution in [2.75, 3.05) is 18.4 Å². The van der Waals surface area contributed by atoms with Crippen molar-refractivity contribution >= 4 is 11.8 Å². The van der Waals surface area contributed by atoms with Gasteiger partial charge in [0.15, 0.2) is 0 Å². The second-order valence-electron chi connectivity index (χ2n) is 9.04. The first-order chi connectivity index (χ1) is 11.7. The maximum absolute atomic E-state index is 12.2. The highest BCUT2D eigenvalue weighted by Gasteiger charge is 2.46. The van der Waals surface area contributed by atoms with Crippen LogP contribution in [0.25, 0.3) is 0 Å². The lowest BCUT2D eigenvalue weighted by atomic mass is 9.60. The minimum atomic E-state index is -0.413. The van der Waals surface area contributed by atoms with E-state index in [4.69, 9.17) is 4.74 Å². The Hall–Kier alpha value is -1.71. The summed E-state index contributed by atoms with van der Waals surface area (Å²) in [6.07, 6.45) is 4.45. The molecule has 4 heteroatoms. The number of nitrogens with zero attached hydrogens (tertiary/aromatic N) is 1. The fourth-order valence-electron chi connectivity index (χ4n) is 4.10. The molecule has 0 radical (unpaired) electrons. The van der Waals surface area contributed by atoms with E-state index >= 15 is 0 Å². The summed E-state index contributed by atoms with van der Waals surface area (Å²) in [6.45, 7) is 11.7. The monoisotopic (exact) mass is 344 g/mol. The summed E-state index contributed by atoms with van der Waals surface area (Å²) in [4.78, 5) is 14.1.